The van der Waals surface area contributed by atoms with Crippen molar-refractivity contribution >= 4 is 34.4 Å². The molecule has 0 saturated heterocycles. The summed E-state index contributed by atoms with van der Waals surface area (Å²) in [5, 5.41) is 7.63. The number of halogens is 1. The standard InChI is InChI=1S/C10H10FN3S2/c1-2-14(9-12-13-10(15)16-9)8-5-3-7(11)4-6-8/h3-6H,2H2,1H3,(H,13,15). The van der Waals surface area contributed by atoms with Crippen LogP contribution in [0, 0.1) is 9.77 Å². The van der Waals surface area contributed by atoms with Crippen LogP contribution < -0.4 is 4.90 Å². The summed E-state index contributed by atoms with van der Waals surface area (Å²) in [4.78, 5) is 1.97. The average molecular weight is 255 g/mol. The number of rotatable bonds is 3. The van der Waals surface area contributed by atoms with Gasteiger partial charge in [0.15, 0.2) is 3.95 Å². The molecule has 0 spiro atoms. The molecule has 0 aliphatic carbocycles. The number of hydrogen-bond acceptors (Lipinski definition) is 4. The molecule has 0 saturated carbocycles. The molecule has 2 rings (SSSR count). The Morgan fingerprint density at radius 1 is 1.44 bits per heavy atom. The Kier molecular flexibility index (Phi) is 3.31. The Morgan fingerprint density at radius 3 is 2.62 bits per heavy atom. The molecule has 0 radical (unpaired) electrons. The van der Waals surface area contributed by atoms with Crippen LogP contribution in [0.5, 0.6) is 0 Å². The topological polar surface area (TPSA) is 31.9 Å². The van der Waals surface area contributed by atoms with Gasteiger partial charge in [0.2, 0.25) is 5.13 Å². The lowest BCUT2D eigenvalue weighted by Crippen LogP contribution is -2.15. The van der Waals surface area contributed by atoms with Crippen LogP contribution in [0.4, 0.5) is 15.2 Å². The van der Waals surface area contributed by atoms with Crippen molar-refractivity contribution < 1.29 is 4.39 Å². The Balaban J connectivity index is 2.36. The zero-order valence-corrected chi connectivity index (χ0v) is 10.2. The number of anilines is 2. The monoisotopic (exact) mass is 255 g/mol. The summed E-state index contributed by atoms with van der Waals surface area (Å²) in [6.07, 6.45) is 0. The van der Waals surface area contributed by atoms with Crippen LogP contribution in [0.25, 0.3) is 0 Å². The number of aromatic amines is 1. The predicted molar refractivity (Wildman–Crippen MR) is 66.4 cm³/mol. The quantitative estimate of drug-likeness (QED) is 0.852. The van der Waals surface area contributed by atoms with Crippen LogP contribution in [0.15, 0.2) is 24.3 Å². The first-order valence-corrected chi connectivity index (χ1v) is 6.02. The predicted octanol–water partition coefficient (Wildman–Crippen LogP) is 3.50. The molecule has 6 heteroatoms. The van der Waals surface area contributed by atoms with Crippen LogP contribution in [0.2, 0.25) is 0 Å². The molecule has 0 atom stereocenters. The van der Waals surface area contributed by atoms with Crippen molar-refractivity contribution in [1.82, 2.24) is 10.2 Å². The van der Waals surface area contributed by atoms with Crippen molar-refractivity contribution in [1.29, 1.82) is 0 Å². The van der Waals surface area contributed by atoms with Crippen molar-refractivity contribution in [2.24, 2.45) is 0 Å². The summed E-state index contributed by atoms with van der Waals surface area (Å²) in [5.41, 5.74) is 0.904. The zero-order chi connectivity index (χ0) is 11.5. The fourth-order valence-electron chi connectivity index (χ4n) is 1.39. The normalized spacial score (nSPS) is 10.4. The molecule has 0 fully saturated rings. The lowest BCUT2D eigenvalue weighted by atomic mass is 10.3. The fourth-order valence-corrected chi connectivity index (χ4v) is 2.35. The molecular formula is C10H10FN3S2. The van der Waals surface area contributed by atoms with Gasteiger partial charge in [0.1, 0.15) is 5.82 Å². The van der Waals surface area contributed by atoms with Gasteiger partial charge in [-0.05, 0) is 43.4 Å². The van der Waals surface area contributed by atoms with E-state index in [4.69, 9.17) is 12.2 Å². The van der Waals surface area contributed by atoms with E-state index in [-0.39, 0.29) is 5.82 Å². The summed E-state index contributed by atoms with van der Waals surface area (Å²) >= 11 is 6.38. The third-order valence-corrected chi connectivity index (χ3v) is 3.22. The SMILES string of the molecule is CCN(c1ccc(F)cc1)c1n[nH]c(=S)s1. The summed E-state index contributed by atoms with van der Waals surface area (Å²) in [6.45, 7) is 2.76. The van der Waals surface area contributed by atoms with Gasteiger partial charge in [-0.3, -0.25) is 5.10 Å². The van der Waals surface area contributed by atoms with E-state index >= 15 is 0 Å². The Hall–Kier alpha value is -1.27. The molecule has 1 aromatic carbocycles. The zero-order valence-electron chi connectivity index (χ0n) is 8.61. The molecule has 2 aromatic rings. The van der Waals surface area contributed by atoms with E-state index in [1.54, 1.807) is 12.1 Å². The summed E-state index contributed by atoms with van der Waals surface area (Å²) in [7, 11) is 0. The second-order valence-electron chi connectivity index (χ2n) is 3.12. The van der Waals surface area contributed by atoms with Crippen LogP contribution in [-0.4, -0.2) is 16.7 Å². The minimum absolute atomic E-state index is 0.241. The average Bonchev–Trinajstić information content (AvgIpc) is 2.69. The van der Waals surface area contributed by atoms with E-state index in [1.807, 2.05) is 11.8 Å². The molecule has 1 N–H and O–H groups in total. The van der Waals surface area contributed by atoms with Gasteiger partial charge in [-0.15, -0.1) is 5.10 Å². The van der Waals surface area contributed by atoms with E-state index < -0.39 is 0 Å². The largest absolute Gasteiger partial charge is 0.317 e. The maximum atomic E-state index is 12.8. The third-order valence-electron chi connectivity index (χ3n) is 2.11. The number of H-pyrrole nitrogens is 1. The third kappa shape index (κ3) is 2.28. The molecule has 0 amide bonds. The Labute approximate surface area is 102 Å². The van der Waals surface area contributed by atoms with Crippen LogP contribution in [0.1, 0.15) is 6.92 Å². The van der Waals surface area contributed by atoms with Crippen LogP contribution in [0.3, 0.4) is 0 Å². The summed E-state index contributed by atoms with van der Waals surface area (Å²) in [6, 6.07) is 6.32. The van der Waals surface area contributed by atoms with Crippen LogP contribution >= 0.6 is 23.6 Å². The van der Waals surface area contributed by atoms with Gasteiger partial charge in [0.25, 0.3) is 0 Å². The lowest BCUT2D eigenvalue weighted by molar-refractivity contribution is 0.628. The van der Waals surface area contributed by atoms with Crippen molar-refractivity contribution in [2.75, 3.05) is 11.4 Å². The number of nitrogens with zero attached hydrogens (tertiary/aromatic N) is 2. The van der Waals surface area contributed by atoms with Gasteiger partial charge >= 0.3 is 0 Å². The van der Waals surface area contributed by atoms with E-state index in [2.05, 4.69) is 10.2 Å². The summed E-state index contributed by atoms with van der Waals surface area (Å²) < 4.78 is 13.4. The first-order valence-electron chi connectivity index (χ1n) is 4.79. The number of aromatic nitrogens is 2. The highest BCUT2D eigenvalue weighted by atomic mass is 32.1. The van der Waals surface area contributed by atoms with Gasteiger partial charge in [0.05, 0.1) is 0 Å². The first kappa shape index (κ1) is 11.2. The van der Waals surface area contributed by atoms with Crippen molar-refractivity contribution in [3.05, 3.63) is 34.0 Å². The highest BCUT2D eigenvalue weighted by molar-refractivity contribution is 7.73. The highest BCUT2D eigenvalue weighted by Crippen LogP contribution is 2.26. The molecule has 16 heavy (non-hydrogen) atoms. The Morgan fingerprint density at radius 2 is 2.12 bits per heavy atom. The first-order chi connectivity index (χ1) is 7.70. The molecule has 0 bridgehead atoms. The van der Waals surface area contributed by atoms with Gasteiger partial charge in [-0.2, -0.15) is 0 Å². The lowest BCUT2D eigenvalue weighted by Gasteiger charge is -2.18. The van der Waals surface area contributed by atoms with E-state index in [0.717, 1.165) is 17.4 Å². The smallest absolute Gasteiger partial charge is 0.211 e. The van der Waals surface area contributed by atoms with Crippen molar-refractivity contribution in [2.45, 2.75) is 6.92 Å². The summed E-state index contributed by atoms with van der Waals surface area (Å²) in [5.74, 6) is -0.241. The van der Waals surface area contributed by atoms with Gasteiger partial charge in [0, 0.05) is 12.2 Å². The maximum absolute atomic E-state index is 12.8. The number of nitrogens with one attached hydrogen (secondary N) is 1. The van der Waals surface area contributed by atoms with Crippen molar-refractivity contribution in [3.63, 3.8) is 0 Å². The van der Waals surface area contributed by atoms with Gasteiger partial charge in [-0.1, -0.05) is 11.3 Å². The molecule has 1 aromatic heterocycles. The molecule has 3 nitrogen and oxygen atoms in total. The maximum Gasteiger partial charge on any atom is 0.211 e. The second kappa shape index (κ2) is 4.71. The molecule has 0 aliphatic rings. The van der Waals surface area contributed by atoms with Gasteiger partial charge < -0.3 is 4.90 Å². The molecule has 1 heterocycles. The molecule has 84 valence electrons. The van der Waals surface area contributed by atoms with Gasteiger partial charge in [-0.25, -0.2) is 4.39 Å². The highest BCUT2D eigenvalue weighted by Gasteiger charge is 2.10. The van der Waals surface area contributed by atoms with E-state index in [1.165, 1.54) is 23.5 Å². The van der Waals surface area contributed by atoms with E-state index in [0.29, 0.717) is 3.95 Å². The molecular weight excluding hydrogens is 245 g/mol. The Bertz CT molecular complexity index is 517. The minimum atomic E-state index is -0.241. The second-order valence-corrected chi connectivity index (χ2v) is 4.76. The fraction of sp³-hybridized carbons (Fsp3) is 0.200. The molecule has 0 unspecified atom stereocenters. The number of benzene rings is 1. The van der Waals surface area contributed by atoms with E-state index in [9.17, 15) is 4.39 Å². The molecule has 0 aliphatic heterocycles. The minimum Gasteiger partial charge on any atom is -0.317 e. The van der Waals surface area contributed by atoms with Crippen molar-refractivity contribution in [3.8, 4) is 0 Å². The number of hydrogen-bond donors (Lipinski definition) is 1. The van der Waals surface area contributed by atoms with Crippen LogP contribution in [-0.2, 0) is 0 Å².